The van der Waals surface area contributed by atoms with Crippen LogP contribution in [0.3, 0.4) is 0 Å². The Morgan fingerprint density at radius 3 is 1.48 bits per heavy atom. The van der Waals surface area contributed by atoms with E-state index in [1.165, 1.54) is 48.2 Å². The predicted octanol–water partition coefficient (Wildman–Crippen LogP) is 9.02. The van der Waals surface area contributed by atoms with Crippen molar-refractivity contribution in [2.24, 2.45) is 9.98 Å². The molecule has 4 aromatic rings. The van der Waals surface area contributed by atoms with E-state index in [0.29, 0.717) is 0 Å². The summed E-state index contributed by atoms with van der Waals surface area (Å²) < 4.78 is 0. The highest BCUT2D eigenvalue weighted by Gasteiger charge is 2.22. The topological polar surface area (TPSA) is 24.7 Å². The highest BCUT2D eigenvalue weighted by Crippen LogP contribution is 2.44. The summed E-state index contributed by atoms with van der Waals surface area (Å²) in [5.41, 5.74) is 7.79. The van der Waals surface area contributed by atoms with Gasteiger partial charge in [-0.1, -0.05) is 36.4 Å². The largest absolute Gasteiger partial charge is 0.255 e. The fourth-order valence-corrected chi connectivity index (χ4v) is 6.23. The van der Waals surface area contributed by atoms with Gasteiger partial charge in [0.25, 0.3) is 0 Å². The summed E-state index contributed by atoms with van der Waals surface area (Å²) in [7, 11) is 0. The molecule has 4 heteroatoms. The van der Waals surface area contributed by atoms with Gasteiger partial charge in [-0.2, -0.15) is 0 Å². The summed E-state index contributed by atoms with van der Waals surface area (Å²) in [5, 5.41) is 0. The van der Waals surface area contributed by atoms with Crippen molar-refractivity contribution in [1.29, 1.82) is 0 Å². The van der Waals surface area contributed by atoms with Crippen LogP contribution in [0.4, 0.5) is 11.4 Å². The molecule has 164 valence electrons. The second-order valence-electron chi connectivity index (χ2n) is 8.24. The van der Waals surface area contributed by atoms with Gasteiger partial charge >= 0.3 is 0 Å². The van der Waals surface area contributed by atoms with Gasteiger partial charge in [-0.25, -0.2) is 0 Å². The lowest BCUT2D eigenvalue weighted by Gasteiger charge is -2.07. The number of aliphatic imine (C=N–C) groups is 2. The molecule has 0 bridgehead atoms. The van der Waals surface area contributed by atoms with Gasteiger partial charge in [0, 0.05) is 31.9 Å². The first-order valence-electron chi connectivity index (χ1n) is 11.3. The second-order valence-corrected chi connectivity index (χ2v) is 10.8. The molecule has 0 atom stereocenters. The number of thiophene rings is 2. The summed E-state index contributed by atoms with van der Waals surface area (Å²) in [6.45, 7) is 4.47. The minimum absolute atomic E-state index is 0.990. The molecule has 1 aliphatic rings. The number of allylic oxidation sites excluding steroid dienone is 2. The molecule has 0 unspecified atom stereocenters. The van der Waals surface area contributed by atoms with E-state index in [1.54, 1.807) is 0 Å². The van der Waals surface area contributed by atoms with Crippen LogP contribution in [0.2, 0.25) is 0 Å². The van der Waals surface area contributed by atoms with Crippen LogP contribution in [0.25, 0.3) is 11.1 Å². The monoisotopic (exact) mass is 466 g/mol. The van der Waals surface area contributed by atoms with Crippen molar-refractivity contribution in [1.82, 2.24) is 0 Å². The van der Waals surface area contributed by atoms with Crippen LogP contribution in [0.15, 0.2) is 82.8 Å². The van der Waals surface area contributed by atoms with Crippen LogP contribution in [0.5, 0.6) is 0 Å². The van der Waals surface area contributed by atoms with E-state index < -0.39 is 0 Å². The first-order chi connectivity index (χ1) is 16.2. The van der Waals surface area contributed by atoms with E-state index in [9.17, 15) is 0 Å². The smallest absolute Gasteiger partial charge is 0.0630 e. The lowest BCUT2D eigenvalue weighted by molar-refractivity contribution is 0.941. The Morgan fingerprint density at radius 1 is 0.636 bits per heavy atom. The lowest BCUT2D eigenvalue weighted by atomic mass is 9.97. The molecule has 2 heterocycles. The Labute approximate surface area is 203 Å². The molecule has 0 saturated carbocycles. The molecule has 0 amide bonds. The van der Waals surface area contributed by atoms with Crippen molar-refractivity contribution in [3.63, 3.8) is 0 Å². The normalized spacial score (nSPS) is 14.2. The van der Waals surface area contributed by atoms with Gasteiger partial charge in [0.05, 0.1) is 11.4 Å². The first kappa shape index (κ1) is 21.7. The van der Waals surface area contributed by atoms with Crippen LogP contribution >= 0.6 is 22.7 Å². The molecule has 2 aromatic carbocycles. The third-order valence-corrected chi connectivity index (χ3v) is 7.91. The number of para-hydroxylation sites is 2. The molecule has 0 aliphatic heterocycles. The number of nitrogens with zero attached hydrogens (tertiary/aromatic N) is 2. The van der Waals surface area contributed by atoms with Gasteiger partial charge in [-0.15, -0.1) is 22.7 Å². The third-order valence-electron chi connectivity index (χ3n) is 5.94. The highest BCUT2D eigenvalue weighted by molar-refractivity contribution is 7.14. The third kappa shape index (κ3) is 4.97. The molecule has 33 heavy (non-hydrogen) atoms. The van der Waals surface area contributed by atoms with Crippen molar-refractivity contribution in [2.45, 2.75) is 33.1 Å². The number of rotatable bonds is 6. The van der Waals surface area contributed by atoms with E-state index >= 15 is 0 Å². The summed E-state index contributed by atoms with van der Waals surface area (Å²) in [5.74, 6) is 0. The summed E-state index contributed by atoms with van der Waals surface area (Å²) in [6, 6.07) is 24.9. The molecule has 2 nitrogen and oxygen atoms in total. The van der Waals surface area contributed by atoms with Crippen LogP contribution < -0.4 is 0 Å². The van der Waals surface area contributed by atoms with Crippen molar-refractivity contribution in [3.8, 4) is 0 Å². The van der Waals surface area contributed by atoms with E-state index in [0.717, 1.165) is 24.2 Å². The van der Waals surface area contributed by atoms with E-state index in [2.05, 4.69) is 36.0 Å². The predicted molar refractivity (Wildman–Crippen MR) is 146 cm³/mol. The van der Waals surface area contributed by atoms with Gasteiger partial charge in [0.1, 0.15) is 0 Å². The lowest BCUT2D eigenvalue weighted by Crippen LogP contribution is -1.86. The Morgan fingerprint density at radius 2 is 1.06 bits per heavy atom. The van der Waals surface area contributed by atoms with Crippen LogP contribution in [0, 0.1) is 13.8 Å². The van der Waals surface area contributed by atoms with E-state index in [1.807, 2.05) is 95.8 Å². The van der Waals surface area contributed by atoms with Gasteiger partial charge < -0.3 is 0 Å². The minimum atomic E-state index is 0.990. The maximum Gasteiger partial charge on any atom is 0.0630 e. The molecular formula is C29H26N2S2. The van der Waals surface area contributed by atoms with Crippen LogP contribution in [-0.4, -0.2) is 12.4 Å². The van der Waals surface area contributed by atoms with Crippen molar-refractivity contribution < 1.29 is 0 Å². The standard InChI is InChI=1S/C29H26N2S2/c1-20-28(16-24(32-20)18-30-22-10-5-3-6-11-22)26-14-9-15-27(26)29-17-25(33-21(29)2)19-31-23-12-7-4-8-13-23/h3-8,10-13,16-19H,9,14-15H2,1-2H3. The van der Waals surface area contributed by atoms with Gasteiger partial charge in [0.2, 0.25) is 0 Å². The molecule has 0 N–H and O–H groups in total. The SMILES string of the molecule is Cc1sc(C=Nc2ccccc2)cc1C1=C(c2cc(C=Nc3ccccc3)sc2C)CCC1. The molecular weight excluding hydrogens is 440 g/mol. The Bertz CT molecular complexity index is 1240. The Balaban J connectivity index is 1.44. The molecule has 0 radical (unpaired) electrons. The zero-order valence-electron chi connectivity index (χ0n) is 18.9. The zero-order chi connectivity index (χ0) is 22.6. The molecule has 0 spiro atoms. The van der Waals surface area contributed by atoms with Crippen LogP contribution in [0.1, 0.15) is 49.9 Å². The van der Waals surface area contributed by atoms with Gasteiger partial charge in [0.15, 0.2) is 0 Å². The Hall–Kier alpha value is -3.08. The maximum absolute atomic E-state index is 4.65. The van der Waals surface area contributed by atoms with Crippen molar-refractivity contribution in [2.75, 3.05) is 0 Å². The van der Waals surface area contributed by atoms with E-state index in [-0.39, 0.29) is 0 Å². The van der Waals surface area contributed by atoms with Crippen molar-refractivity contribution in [3.05, 3.63) is 103 Å². The fourth-order valence-electron chi connectivity index (χ4n) is 4.38. The molecule has 0 fully saturated rings. The number of aryl methyl sites for hydroxylation is 2. The Kier molecular flexibility index (Phi) is 6.47. The second kappa shape index (κ2) is 9.82. The van der Waals surface area contributed by atoms with Crippen LogP contribution in [-0.2, 0) is 0 Å². The molecule has 5 rings (SSSR count). The minimum Gasteiger partial charge on any atom is -0.255 e. The summed E-state index contributed by atoms with van der Waals surface area (Å²) in [4.78, 5) is 14.5. The fraction of sp³-hybridized carbons (Fsp3) is 0.172. The van der Waals surface area contributed by atoms with E-state index in [4.69, 9.17) is 0 Å². The summed E-state index contributed by atoms with van der Waals surface area (Å²) in [6.07, 6.45) is 7.51. The average Bonchev–Trinajstić information content (AvgIpc) is 3.55. The van der Waals surface area contributed by atoms with Gasteiger partial charge in [-0.05, 0) is 91.8 Å². The number of benzene rings is 2. The number of hydrogen-bond donors (Lipinski definition) is 0. The molecule has 2 aromatic heterocycles. The quantitative estimate of drug-likeness (QED) is 0.253. The highest BCUT2D eigenvalue weighted by atomic mass is 32.1. The first-order valence-corrected chi connectivity index (χ1v) is 12.9. The van der Waals surface area contributed by atoms with Gasteiger partial charge in [-0.3, -0.25) is 9.98 Å². The molecule has 0 saturated heterocycles. The average molecular weight is 467 g/mol. The maximum atomic E-state index is 4.65. The molecule has 1 aliphatic carbocycles. The van der Waals surface area contributed by atoms with Crippen molar-refractivity contribution >= 4 is 57.6 Å². The number of hydrogen-bond acceptors (Lipinski definition) is 4. The summed E-state index contributed by atoms with van der Waals surface area (Å²) >= 11 is 3.66. The zero-order valence-corrected chi connectivity index (χ0v) is 20.5.